The van der Waals surface area contributed by atoms with Crippen LogP contribution in [0.4, 0.5) is 0 Å². The molecule has 0 aliphatic heterocycles. The van der Waals surface area contributed by atoms with Crippen LogP contribution in [0.1, 0.15) is 13.3 Å². The molecule has 1 aliphatic carbocycles. The summed E-state index contributed by atoms with van der Waals surface area (Å²) in [6, 6.07) is 0. The highest BCUT2D eigenvalue weighted by molar-refractivity contribution is 6.32. The summed E-state index contributed by atoms with van der Waals surface area (Å²) in [6.45, 7) is 2.03. The van der Waals surface area contributed by atoms with Crippen molar-refractivity contribution in [3.05, 3.63) is 22.8 Å². The van der Waals surface area contributed by atoms with Gasteiger partial charge in [0.25, 0.3) is 0 Å². The van der Waals surface area contributed by atoms with E-state index in [9.17, 15) is 0 Å². The molecule has 0 bridgehead atoms. The van der Waals surface area contributed by atoms with E-state index in [-0.39, 0.29) is 5.38 Å². The second kappa shape index (κ2) is 2.76. The Morgan fingerprint density at radius 2 is 2.33 bits per heavy atom. The summed E-state index contributed by atoms with van der Waals surface area (Å²) < 4.78 is 0. The maximum absolute atomic E-state index is 5.80. The van der Waals surface area contributed by atoms with E-state index in [4.69, 9.17) is 23.2 Å². The SMILES string of the molecule is CC1=CC(Cl)=CC(Cl)C1. The molecule has 0 aromatic heterocycles. The highest BCUT2D eigenvalue weighted by Gasteiger charge is 2.07. The van der Waals surface area contributed by atoms with Crippen LogP contribution >= 0.6 is 23.2 Å². The number of allylic oxidation sites excluding steroid dienone is 4. The lowest BCUT2D eigenvalue weighted by Crippen LogP contribution is -1.99. The first-order valence-electron chi connectivity index (χ1n) is 2.87. The maximum atomic E-state index is 5.80. The maximum Gasteiger partial charge on any atom is 0.0570 e. The standard InChI is InChI=1S/C7H8Cl2/c1-5-2-6(8)4-7(9)3-5/h2,4,7H,3H2,1H3. The summed E-state index contributed by atoms with van der Waals surface area (Å²) in [6.07, 6.45) is 4.73. The fraction of sp³-hybridized carbons (Fsp3) is 0.429. The Hall–Kier alpha value is 0.0600. The zero-order valence-corrected chi connectivity index (χ0v) is 6.71. The minimum absolute atomic E-state index is 0.0995. The monoisotopic (exact) mass is 162 g/mol. The second-order valence-electron chi connectivity index (χ2n) is 2.26. The van der Waals surface area contributed by atoms with Crippen molar-refractivity contribution in [2.24, 2.45) is 0 Å². The van der Waals surface area contributed by atoms with Crippen LogP contribution in [0.25, 0.3) is 0 Å². The molecule has 0 nitrogen and oxygen atoms in total. The molecular formula is C7H8Cl2. The van der Waals surface area contributed by atoms with Crippen molar-refractivity contribution in [3.8, 4) is 0 Å². The highest BCUT2D eigenvalue weighted by atomic mass is 35.5. The van der Waals surface area contributed by atoms with Crippen LogP contribution in [0.15, 0.2) is 22.8 Å². The van der Waals surface area contributed by atoms with Crippen LogP contribution in [0.3, 0.4) is 0 Å². The predicted molar refractivity (Wildman–Crippen MR) is 42.0 cm³/mol. The van der Waals surface area contributed by atoms with Crippen LogP contribution in [0.2, 0.25) is 0 Å². The van der Waals surface area contributed by atoms with Crippen molar-refractivity contribution in [1.82, 2.24) is 0 Å². The molecule has 9 heavy (non-hydrogen) atoms. The molecular weight excluding hydrogens is 155 g/mol. The van der Waals surface area contributed by atoms with Crippen molar-refractivity contribution in [3.63, 3.8) is 0 Å². The molecule has 0 spiro atoms. The quantitative estimate of drug-likeness (QED) is 0.481. The van der Waals surface area contributed by atoms with E-state index in [1.54, 1.807) is 0 Å². The first-order valence-corrected chi connectivity index (χ1v) is 3.68. The lowest BCUT2D eigenvalue weighted by atomic mass is 10.1. The van der Waals surface area contributed by atoms with E-state index in [1.165, 1.54) is 5.57 Å². The smallest absolute Gasteiger partial charge is 0.0570 e. The molecule has 2 heteroatoms. The van der Waals surface area contributed by atoms with Crippen molar-refractivity contribution in [1.29, 1.82) is 0 Å². The Bertz CT molecular complexity index is 168. The van der Waals surface area contributed by atoms with Gasteiger partial charge < -0.3 is 0 Å². The summed E-state index contributed by atoms with van der Waals surface area (Å²) >= 11 is 11.5. The van der Waals surface area contributed by atoms with E-state index in [1.807, 2.05) is 19.1 Å². The topological polar surface area (TPSA) is 0 Å². The second-order valence-corrected chi connectivity index (χ2v) is 3.26. The molecule has 0 amide bonds. The van der Waals surface area contributed by atoms with E-state index in [2.05, 4.69) is 0 Å². The molecule has 1 rings (SSSR count). The van der Waals surface area contributed by atoms with Gasteiger partial charge in [-0.3, -0.25) is 0 Å². The van der Waals surface area contributed by atoms with E-state index in [0.717, 1.165) is 11.5 Å². The molecule has 1 atom stereocenters. The molecule has 0 N–H and O–H groups in total. The molecule has 0 heterocycles. The van der Waals surface area contributed by atoms with Gasteiger partial charge in [-0.25, -0.2) is 0 Å². The fourth-order valence-electron chi connectivity index (χ4n) is 0.882. The zero-order valence-electron chi connectivity index (χ0n) is 5.20. The average molecular weight is 163 g/mol. The number of alkyl halides is 1. The van der Waals surface area contributed by atoms with E-state index >= 15 is 0 Å². The third kappa shape index (κ3) is 2.04. The molecule has 0 saturated heterocycles. The molecule has 1 unspecified atom stereocenters. The van der Waals surface area contributed by atoms with Gasteiger partial charge in [0.05, 0.1) is 5.38 Å². The number of rotatable bonds is 0. The van der Waals surface area contributed by atoms with Crippen molar-refractivity contribution in [2.45, 2.75) is 18.7 Å². The minimum Gasteiger partial charge on any atom is -0.118 e. The number of hydrogen-bond acceptors (Lipinski definition) is 0. The van der Waals surface area contributed by atoms with Gasteiger partial charge in [0.15, 0.2) is 0 Å². The Morgan fingerprint density at radius 3 is 2.78 bits per heavy atom. The van der Waals surface area contributed by atoms with Crippen molar-refractivity contribution >= 4 is 23.2 Å². The van der Waals surface area contributed by atoms with Crippen LogP contribution in [0, 0.1) is 0 Å². The highest BCUT2D eigenvalue weighted by Crippen LogP contribution is 2.22. The molecule has 0 fully saturated rings. The van der Waals surface area contributed by atoms with Gasteiger partial charge in [-0.2, -0.15) is 0 Å². The number of hydrogen-bond donors (Lipinski definition) is 0. The van der Waals surface area contributed by atoms with Crippen LogP contribution in [-0.4, -0.2) is 5.38 Å². The van der Waals surface area contributed by atoms with Gasteiger partial charge in [-0.05, 0) is 25.5 Å². The van der Waals surface area contributed by atoms with E-state index in [0.29, 0.717) is 0 Å². The van der Waals surface area contributed by atoms with E-state index < -0.39 is 0 Å². The van der Waals surface area contributed by atoms with Gasteiger partial charge >= 0.3 is 0 Å². The lowest BCUT2D eigenvalue weighted by Gasteiger charge is -2.09. The van der Waals surface area contributed by atoms with Gasteiger partial charge in [0, 0.05) is 5.03 Å². The Kier molecular flexibility index (Phi) is 2.20. The zero-order chi connectivity index (χ0) is 6.85. The molecule has 0 aromatic carbocycles. The van der Waals surface area contributed by atoms with Crippen LogP contribution in [-0.2, 0) is 0 Å². The van der Waals surface area contributed by atoms with Crippen LogP contribution in [0.5, 0.6) is 0 Å². The Morgan fingerprint density at radius 1 is 1.67 bits per heavy atom. The summed E-state index contributed by atoms with van der Waals surface area (Å²) in [5.41, 5.74) is 1.25. The predicted octanol–water partition coefficient (Wildman–Crippen LogP) is 3.07. The average Bonchev–Trinajstić information content (AvgIpc) is 1.59. The Balaban J connectivity index is 2.74. The molecule has 0 saturated carbocycles. The molecule has 0 aromatic rings. The molecule has 0 radical (unpaired) electrons. The third-order valence-corrected chi connectivity index (χ3v) is 1.76. The normalized spacial score (nSPS) is 27.2. The first-order chi connectivity index (χ1) is 4.18. The van der Waals surface area contributed by atoms with Gasteiger partial charge in [-0.1, -0.05) is 17.2 Å². The molecule has 50 valence electrons. The summed E-state index contributed by atoms with van der Waals surface area (Å²) in [5.74, 6) is 0. The summed E-state index contributed by atoms with van der Waals surface area (Å²) in [7, 11) is 0. The van der Waals surface area contributed by atoms with Crippen molar-refractivity contribution < 1.29 is 0 Å². The summed E-state index contributed by atoms with van der Waals surface area (Å²) in [4.78, 5) is 0. The third-order valence-electron chi connectivity index (χ3n) is 1.24. The molecule has 1 aliphatic rings. The lowest BCUT2D eigenvalue weighted by molar-refractivity contribution is 0.965. The minimum atomic E-state index is 0.0995. The Labute approximate surface area is 65.2 Å². The fourth-order valence-corrected chi connectivity index (χ4v) is 1.66. The van der Waals surface area contributed by atoms with Crippen molar-refractivity contribution in [2.75, 3.05) is 0 Å². The number of halogens is 2. The largest absolute Gasteiger partial charge is 0.118 e. The van der Waals surface area contributed by atoms with Gasteiger partial charge in [-0.15, -0.1) is 11.6 Å². The first kappa shape index (κ1) is 7.17. The summed E-state index contributed by atoms with van der Waals surface area (Å²) in [5, 5.41) is 0.862. The van der Waals surface area contributed by atoms with Gasteiger partial charge in [0.2, 0.25) is 0 Å². The van der Waals surface area contributed by atoms with Gasteiger partial charge in [0.1, 0.15) is 0 Å². The van der Waals surface area contributed by atoms with Crippen LogP contribution < -0.4 is 0 Å².